The molecule has 0 saturated carbocycles. The summed E-state index contributed by atoms with van der Waals surface area (Å²) in [7, 11) is 1.93. The van der Waals surface area contributed by atoms with Gasteiger partial charge in [0.15, 0.2) is 0 Å². The Bertz CT molecular complexity index is 514. The Hall–Kier alpha value is -1.09. The predicted molar refractivity (Wildman–Crippen MR) is 76.2 cm³/mol. The van der Waals surface area contributed by atoms with Gasteiger partial charge in [0.05, 0.1) is 10.0 Å². The third-order valence-electron chi connectivity index (χ3n) is 2.91. The predicted octanol–water partition coefficient (Wildman–Crippen LogP) is 3.89. The van der Waals surface area contributed by atoms with Crippen LogP contribution < -0.4 is 5.32 Å². The lowest BCUT2D eigenvalue weighted by atomic mass is 10.00. The molecular formula is C14H14Cl2N2. The van der Waals surface area contributed by atoms with E-state index in [9.17, 15) is 0 Å². The van der Waals surface area contributed by atoms with Crippen LogP contribution in [0.4, 0.5) is 0 Å². The summed E-state index contributed by atoms with van der Waals surface area (Å²) in [5.41, 5.74) is 2.23. The quantitative estimate of drug-likeness (QED) is 0.919. The molecule has 1 aromatic heterocycles. The number of hydrogen-bond donors (Lipinski definition) is 1. The van der Waals surface area contributed by atoms with Crippen LogP contribution in [0.2, 0.25) is 10.0 Å². The Labute approximate surface area is 117 Å². The van der Waals surface area contributed by atoms with Crippen molar-refractivity contribution in [3.8, 4) is 0 Å². The number of nitrogens with one attached hydrogen (secondary N) is 1. The molecule has 0 aliphatic heterocycles. The fourth-order valence-electron chi connectivity index (χ4n) is 1.91. The highest BCUT2D eigenvalue weighted by Gasteiger charge is 2.13. The molecule has 0 aliphatic rings. The van der Waals surface area contributed by atoms with Crippen molar-refractivity contribution in [3.63, 3.8) is 0 Å². The standard InChI is InChI=1S/C14H14Cl2N2/c1-17-13(10-5-7-18-8-6-10)9-11-3-2-4-12(15)14(11)16/h2-8,13,17H,9H2,1H3. The van der Waals surface area contributed by atoms with Crippen molar-refractivity contribution < 1.29 is 0 Å². The zero-order valence-corrected chi connectivity index (χ0v) is 11.5. The van der Waals surface area contributed by atoms with Gasteiger partial charge in [-0.2, -0.15) is 0 Å². The molecule has 2 nitrogen and oxygen atoms in total. The molecule has 1 unspecified atom stereocenters. The van der Waals surface area contributed by atoms with Gasteiger partial charge in [-0.3, -0.25) is 4.98 Å². The fraction of sp³-hybridized carbons (Fsp3) is 0.214. The molecule has 2 rings (SSSR count). The van der Waals surface area contributed by atoms with E-state index in [1.165, 1.54) is 5.56 Å². The van der Waals surface area contributed by atoms with Crippen molar-refractivity contribution in [3.05, 3.63) is 63.9 Å². The largest absolute Gasteiger partial charge is 0.313 e. The van der Waals surface area contributed by atoms with E-state index in [0.29, 0.717) is 10.0 Å². The lowest BCUT2D eigenvalue weighted by molar-refractivity contribution is 0.591. The molecular weight excluding hydrogens is 267 g/mol. The molecule has 0 radical (unpaired) electrons. The zero-order valence-electron chi connectivity index (χ0n) is 10.0. The summed E-state index contributed by atoms with van der Waals surface area (Å²) in [6.07, 6.45) is 4.37. The van der Waals surface area contributed by atoms with E-state index in [1.54, 1.807) is 18.5 Å². The number of hydrogen-bond acceptors (Lipinski definition) is 2. The van der Waals surface area contributed by atoms with Crippen LogP contribution in [0.15, 0.2) is 42.7 Å². The van der Waals surface area contributed by atoms with Crippen molar-refractivity contribution in [2.75, 3.05) is 7.05 Å². The Morgan fingerprint density at radius 1 is 1.17 bits per heavy atom. The van der Waals surface area contributed by atoms with E-state index in [-0.39, 0.29) is 6.04 Å². The van der Waals surface area contributed by atoms with Crippen LogP contribution >= 0.6 is 23.2 Å². The molecule has 18 heavy (non-hydrogen) atoms. The van der Waals surface area contributed by atoms with Gasteiger partial charge in [0.2, 0.25) is 0 Å². The lowest BCUT2D eigenvalue weighted by Crippen LogP contribution is -2.19. The van der Waals surface area contributed by atoms with Crippen LogP contribution in [0.5, 0.6) is 0 Å². The van der Waals surface area contributed by atoms with Crippen molar-refractivity contribution in [1.82, 2.24) is 10.3 Å². The Balaban J connectivity index is 2.24. The zero-order chi connectivity index (χ0) is 13.0. The summed E-state index contributed by atoms with van der Waals surface area (Å²) < 4.78 is 0. The second-order valence-electron chi connectivity index (χ2n) is 4.04. The number of pyridine rings is 1. The van der Waals surface area contributed by atoms with Crippen LogP contribution in [0.25, 0.3) is 0 Å². The van der Waals surface area contributed by atoms with E-state index in [0.717, 1.165) is 12.0 Å². The Morgan fingerprint density at radius 3 is 2.56 bits per heavy atom. The van der Waals surface area contributed by atoms with Crippen LogP contribution in [0.3, 0.4) is 0 Å². The number of aromatic nitrogens is 1. The first kappa shape index (κ1) is 13.3. The van der Waals surface area contributed by atoms with Crippen molar-refractivity contribution in [1.29, 1.82) is 0 Å². The first-order valence-electron chi connectivity index (χ1n) is 5.72. The maximum Gasteiger partial charge on any atom is 0.0624 e. The van der Waals surface area contributed by atoms with Crippen molar-refractivity contribution >= 4 is 23.2 Å². The Kier molecular flexibility index (Phi) is 4.59. The summed E-state index contributed by atoms with van der Waals surface area (Å²) >= 11 is 12.2. The first-order valence-corrected chi connectivity index (χ1v) is 6.48. The van der Waals surface area contributed by atoms with E-state index >= 15 is 0 Å². The molecule has 0 spiro atoms. The number of benzene rings is 1. The third kappa shape index (κ3) is 3.02. The van der Waals surface area contributed by atoms with Crippen LogP contribution in [0.1, 0.15) is 17.2 Å². The van der Waals surface area contributed by atoms with E-state index < -0.39 is 0 Å². The Morgan fingerprint density at radius 2 is 1.89 bits per heavy atom. The molecule has 0 bridgehead atoms. The van der Waals surface area contributed by atoms with Gasteiger partial charge in [-0.25, -0.2) is 0 Å². The van der Waals surface area contributed by atoms with Gasteiger partial charge < -0.3 is 5.32 Å². The summed E-state index contributed by atoms with van der Waals surface area (Å²) in [6, 6.07) is 9.92. The molecule has 1 heterocycles. The van der Waals surface area contributed by atoms with Gasteiger partial charge in [-0.05, 0) is 42.8 Å². The van der Waals surface area contributed by atoms with Gasteiger partial charge >= 0.3 is 0 Å². The highest BCUT2D eigenvalue weighted by Crippen LogP contribution is 2.28. The topological polar surface area (TPSA) is 24.9 Å². The maximum atomic E-state index is 6.21. The van der Waals surface area contributed by atoms with Crippen LogP contribution in [0, 0.1) is 0 Å². The van der Waals surface area contributed by atoms with E-state index in [1.807, 2.05) is 31.3 Å². The number of nitrogens with zero attached hydrogens (tertiary/aromatic N) is 1. The first-order chi connectivity index (χ1) is 8.72. The van der Waals surface area contributed by atoms with Crippen molar-refractivity contribution in [2.24, 2.45) is 0 Å². The minimum Gasteiger partial charge on any atom is -0.313 e. The van der Waals surface area contributed by atoms with Gasteiger partial charge in [0.25, 0.3) is 0 Å². The second-order valence-corrected chi connectivity index (χ2v) is 4.82. The molecule has 1 N–H and O–H groups in total. The third-order valence-corrected chi connectivity index (χ3v) is 3.77. The van der Waals surface area contributed by atoms with Crippen LogP contribution in [-0.2, 0) is 6.42 Å². The van der Waals surface area contributed by atoms with Crippen LogP contribution in [-0.4, -0.2) is 12.0 Å². The lowest BCUT2D eigenvalue weighted by Gasteiger charge is -2.17. The summed E-state index contributed by atoms with van der Waals surface area (Å²) in [5.74, 6) is 0. The maximum absolute atomic E-state index is 6.21. The highest BCUT2D eigenvalue weighted by molar-refractivity contribution is 6.42. The van der Waals surface area contributed by atoms with E-state index in [2.05, 4.69) is 10.3 Å². The SMILES string of the molecule is CNC(Cc1cccc(Cl)c1Cl)c1ccncc1. The minimum atomic E-state index is 0.198. The fourth-order valence-corrected chi connectivity index (χ4v) is 2.31. The van der Waals surface area contributed by atoms with Gasteiger partial charge in [-0.15, -0.1) is 0 Å². The van der Waals surface area contributed by atoms with Gasteiger partial charge in [0, 0.05) is 18.4 Å². The number of likely N-dealkylation sites (N-methyl/N-ethyl adjacent to an activating group) is 1. The molecule has 4 heteroatoms. The average Bonchev–Trinajstić information content (AvgIpc) is 2.41. The number of rotatable bonds is 4. The normalized spacial score (nSPS) is 12.4. The molecule has 1 aromatic carbocycles. The van der Waals surface area contributed by atoms with E-state index in [4.69, 9.17) is 23.2 Å². The molecule has 94 valence electrons. The second kappa shape index (κ2) is 6.19. The number of halogens is 2. The van der Waals surface area contributed by atoms with Crippen molar-refractivity contribution in [2.45, 2.75) is 12.5 Å². The van der Waals surface area contributed by atoms with Gasteiger partial charge in [-0.1, -0.05) is 35.3 Å². The molecule has 0 saturated heterocycles. The minimum absolute atomic E-state index is 0.198. The molecule has 1 atom stereocenters. The molecule has 0 amide bonds. The van der Waals surface area contributed by atoms with Gasteiger partial charge in [0.1, 0.15) is 0 Å². The molecule has 0 fully saturated rings. The summed E-state index contributed by atoms with van der Waals surface area (Å²) in [4.78, 5) is 4.03. The highest BCUT2D eigenvalue weighted by atomic mass is 35.5. The monoisotopic (exact) mass is 280 g/mol. The average molecular weight is 281 g/mol. The summed E-state index contributed by atoms with van der Waals surface area (Å²) in [5, 5.41) is 4.51. The summed E-state index contributed by atoms with van der Waals surface area (Å²) in [6.45, 7) is 0. The molecule has 2 aromatic rings. The smallest absolute Gasteiger partial charge is 0.0624 e. The molecule has 0 aliphatic carbocycles.